The van der Waals surface area contributed by atoms with Crippen LogP contribution in [0.15, 0.2) is 27.8 Å². The number of nitrogens with zero attached hydrogens (tertiary/aromatic N) is 1. The minimum atomic E-state index is -5.44. The third-order valence-electron chi connectivity index (χ3n) is 5.07. The lowest BCUT2D eigenvalue weighted by Gasteiger charge is -2.30. The number of benzene rings is 1. The zero-order valence-corrected chi connectivity index (χ0v) is 18.0. The van der Waals surface area contributed by atoms with Crippen molar-refractivity contribution in [2.24, 2.45) is 5.92 Å². The van der Waals surface area contributed by atoms with Gasteiger partial charge in [-0.3, -0.25) is 23.9 Å². The minimum Gasteiger partial charge on any atom is -0.497 e. The molecular formula is C20H21F3N4O6. The van der Waals surface area contributed by atoms with Crippen LogP contribution in [0.2, 0.25) is 0 Å². The number of halogens is 3. The van der Waals surface area contributed by atoms with Crippen LogP contribution in [-0.4, -0.2) is 41.8 Å². The van der Waals surface area contributed by atoms with Gasteiger partial charge in [0.05, 0.1) is 19.8 Å². The van der Waals surface area contributed by atoms with Crippen molar-refractivity contribution in [3.05, 3.63) is 50.2 Å². The summed E-state index contributed by atoms with van der Waals surface area (Å²) in [6, 6.07) is 3.73. The number of nitrogens with one attached hydrogen (secondary N) is 3. The molecule has 3 N–H and O–H groups in total. The van der Waals surface area contributed by atoms with E-state index in [-0.39, 0.29) is 29.5 Å². The molecule has 0 aliphatic carbocycles. The van der Waals surface area contributed by atoms with Crippen molar-refractivity contribution in [2.75, 3.05) is 19.5 Å². The lowest BCUT2D eigenvalue weighted by molar-refractivity contribution is -0.196. The van der Waals surface area contributed by atoms with E-state index < -0.39 is 46.2 Å². The molecule has 13 heteroatoms. The van der Waals surface area contributed by atoms with Gasteiger partial charge < -0.3 is 20.1 Å². The fourth-order valence-electron chi connectivity index (χ4n) is 3.59. The van der Waals surface area contributed by atoms with Crippen LogP contribution in [0.5, 0.6) is 11.5 Å². The molecule has 1 aromatic heterocycles. The van der Waals surface area contributed by atoms with E-state index in [4.69, 9.17) is 9.47 Å². The summed E-state index contributed by atoms with van der Waals surface area (Å²) in [5.41, 5.74) is -7.65. The Bertz CT molecular complexity index is 1230. The van der Waals surface area contributed by atoms with E-state index in [9.17, 15) is 32.3 Å². The average Bonchev–Trinajstić information content (AvgIpc) is 3.03. The number of fused-ring (bicyclic) bond motifs is 1. The third-order valence-corrected chi connectivity index (χ3v) is 5.07. The molecule has 0 saturated heterocycles. The Kier molecular flexibility index (Phi) is 6.00. The highest BCUT2D eigenvalue weighted by molar-refractivity contribution is 6.09. The van der Waals surface area contributed by atoms with Crippen LogP contribution in [0, 0.1) is 5.92 Å². The zero-order chi connectivity index (χ0) is 24.7. The largest absolute Gasteiger partial charge is 0.497 e. The normalized spacial score (nSPS) is 17.5. The zero-order valence-electron chi connectivity index (χ0n) is 18.0. The monoisotopic (exact) mass is 470 g/mol. The second kappa shape index (κ2) is 8.30. The maximum Gasteiger partial charge on any atom is 0.425 e. The smallest absolute Gasteiger partial charge is 0.425 e. The number of aromatic amines is 1. The van der Waals surface area contributed by atoms with E-state index >= 15 is 0 Å². The summed E-state index contributed by atoms with van der Waals surface area (Å²) < 4.78 is 54.2. The maximum atomic E-state index is 14.4. The first kappa shape index (κ1) is 23.9. The second-order valence-corrected chi connectivity index (χ2v) is 7.71. The molecule has 10 nitrogen and oxygen atoms in total. The van der Waals surface area contributed by atoms with E-state index in [1.54, 1.807) is 19.2 Å². The van der Waals surface area contributed by atoms with Crippen molar-refractivity contribution in [2.45, 2.75) is 32.1 Å². The van der Waals surface area contributed by atoms with Crippen LogP contribution in [0.3, 0.4) is 0 Å². The van der Waals surface area contributed by atoms with Crippen molar-refractivity contribution in [1.29, 1.82) is 0 Å². The molecule has 2 amide bonds. The minimum absolute atomic E-state index is 0.0909. The number of ether oxygens (including phenoxy) is 2. The van der Waals surface area contributed by atoms with Crippen molar-refractivity contribution in [1.82, 2.24) is 14.9 Å². The first-order valence-corrected chi connectivity index (χ1v) is 9.67. The molecule has 1 aliphatic heterocycles. The first-order chi connectivity index (χ1) is 15.4. The van der Waals surface area contributed by atoms with Gasteiger partial charge in [-0.25, -0.2) is 4.79 Å². The molecule has 1 unspecified atom stereocenters. The molecule has 0 fully saturated rings. The lowest BCUT2D eigenvalue weighted by atomic mass is 9.91. The predicted molar refractivity (Wildman–Crippen MR) is 110 cm³/mol. The fourth-order valence-corrected chi connectivity index (χ4v) is 3.59. The molecule has 0 radical (unpaired) electrons. The maximum absolute atomic E-state index is 14.4. The number of carbonyl (C=O) groups excluding carboxylic acids is 2. The number of rotatable bonds is 6. The number of aromatic nitrogens is 2. The fraction of sp³-hybridized carbons (Fsp3) is 0.400. The summed E-state index contributed by atoms with van der Waals surface area (Å²) in [5, 5.41) is 3.65. The van der Waals surface area contributed by atoms with Crippen LogP contribution in [-0.2, 0) is 16.9 Å². The summed E-state index contributed by atoms with van der Waals surface area (Å²) in [6.45, 7) is 3.29. The number of carbonyl (C=O) groups is 2. The molecular weight excluding hydrogens is 449 g/mol. The number of H-pyrrole nitrogens is 1. The molecule has 0 saturated carbocycles. The Balaban J connectivity index is 2.23. The summed E-state index contributed by atoms with van der Waals surface area (Å²) in [5.74, 6) is -3.75. The van der Waals surface area contributed by atoms with Crippen LogP contribution >= 0.6 is 0 Å². The molecule has 0 bridgehead atoms. The van der Waals surface area contributed by atoms with Crippen LogP contribution in [0.1, 0.15) is 29.8 Å². The number of hydrogen-bond donors (Lipinski definition) is 3. The van der Waals surface area contributed by atoms with Gasteiger partial charge in [-0.1, -0.05) is 13.8 Å². The van der Waals surface area contributed by atoms with E-state index in [2.05, 4.69) is 0 Å². The Hall–Kier alpha value is -3.77. The molecule has 178 valence electrons. The summed E-state index contributed by atoms with van der Waals surface area (Å²) >= 11 is 0. The van der Waals surface area contributed by atoms with Crippen LogP contribution < -0.4 is 31.4 Å². The van der Waals surface area contributed by atoms with Gasteiger partial charge in [0.15, 0.2) is 0 Å². The number of anilines is 1. The number of hydrogen-bond acceptors (Lipinski definition) is 6. The molecule has 1 aromatic carbocycles. The Labute approximate surface area is 184 Å². The van der Waals surface area contributed by atoms with Gasteiger partial charge >= 0.3 is 11.9 Å². The molecule has 1 aliphatic rings. The molecule has 1 atom stereocenters. The molecule has 3 rings (SSSR count). The molecule has 0 spiro atoms. The van der Waals surface area contributed by atoms with Crippen LogP contribution in [0.25, 0.3) is 0 Å². The number of methoxy groups -OCH3 is 2. The van der Waals surface area contributed by atoms with Gasteiger partial charge in [-0.15, -0.1) is 0 Å². The van der Waals surface area contributed by atoms with E-state index in [0.29, 0.717) is 0 Å². The van der Waals surface area contributed by atoms with Gasteiger partial charge in [0.1, 0.15) is 22.9 Å². The van der Waals surface area contributed by atoms with E-state index in [1.807, 2.05) is 10.3 Å². The highest BCUT2D eigenvalue weighted by Gasteiger charge is 2.68. The SMILES string of the molecule is COc1ccc(C(=O)NC2(C(F)(F)F)C(=O)Nc3c2c(=O)[nH]c(=O)n3CC(C)C)c(OC)c1. The van der Waals surface area contributed by atoms with Crippen molar-refractivity contribution in [3.8, 4) is 11.5 Å². The summed E-state index contributed by atoms with van der Waals surface area (Å²) in [6.07, 6.45) is -5.44. The van der Waals surface area contributed by atoms with Crippen molar-refractivity contribution >= 4 is 17.6 Å². The van der Waals surface area contributed by atoms with E-state index in [0.717, 1.165) is 10.6 Å². The highest BCUT2D eigenvalue weighted by Crippen LogP contribution is 2.45. The number of alkyl halides is 3. The topological polar surface area (TPSA) is 132 Å². The first-order valence-electron chi connectivity index (χ1n) is 9.67. The summed E-state index contributed by atoms with van der Waals surface area (Å²) in [7, 11) is 2.54. The molecule has 33 heavy (non-hydrogen) atoms. The molecule has 2 aromatic rings. The Morgan fingerprint density at radius 1 is 1.18 bits per heavy atom. The van der Waals surface area contributed by atoms with Gasteiger partial charge in [0, 0.05) is 12.6 Å². The third kappa shape index (κ3) is 3.83. The van der Waals surface area contributed by atoms with Gasteiger partial charge in [0.25, 0.3) is 22.9 Å². The van der Waals surface area contributed by atoms with Gasteiger partial charge in [0.2, 0.25) is 0 Å². The molecule has 2 heterocycles. The number of amides is 2. The Morgan fingerprint density at radius 3 is 2.39 bits per heavy atom. The highest BCUT2D eigenvalue weighted by atomic mass is 19.4. The van der Waals surface area contributed by atoms with Crippen molar-refractivity contribution < 1.29 is 32.2 Å². The van der Waals surface area contributed by atoms with Crippen molar-refractivity contribution in [3.63, 3.8) is 0 Å². The lowest BCUT2D eigenvalue weighted by Crippen LogP contribution is -2.62. The standard InChI is InChI=1S/C20H21F3N4O6/c1-9(2)8-27-14-13(16(29)25-18(27)31)19(17(30)24-14,20(21,22)23)26-15(28)11-6-5-10(32-3)7-12(11)33-4/h5-7,9H,8H2,1-4H3,(H,24,30)(H,26,28)(H,25,29,31). The average molecular weight is 470 g/mol. The quantitative estimate of drug-likeness (QED) is 0.584. The summed E-state index contributed by atoms with van der Waals surface area (Å²) in [4.78, 5) is 52.3. The van der Waals surface area contributed by atoms with Crippen LogP contribution in [0.4, 0.5) is 19.0 Å². The van der Waals surface area contributed by atoms with Gasteiger partial charge in [-0.2, -0.15) is 13.2 Å². The van der Waals surface area contributed by atoms with E-state index in [1.165, 1.54) is 26.4 Å². The Morgan fingerprint density at radius 2 is 1.85 bits per heavy atom. The second-order valence-electron chi connectivity index (χ2n) is 7.71. The van der Waals surface area contributed by atoms with Gasteiger partial charge in [-0.05, 0) is 18.1 Å². The predicted octanol–water partition coefficient (Wildman–Crippen LogP) is 1.35.